The van der Waals surface area contributed by atoms with E-state index in [-0.39, 0.29) is 29.8 Å². The van der Waals surface area contributed by atoms with Crippen LogP contribution in [0.15, 0.2) is 12.1 Å². The molecule has 4 N–H and O–H groups in total. The summed E-state index contributed by atoms with van der Waals surface area (Å²) in [5.74, 6) is 5.32. The van der Waals surface area contributed by atoms with Crippen LogP contribution in [0, 0.1) is 10.1 Å². The van der Waals surface area contributed by atoms with Crippen molar-refractivity contribution in [1.82, 2.24) is 9.88 Å². The third kappa shape index (κ3) is 3.56. The number of hydrazine groups is 1. The van der Waals surface area contributed by atoms with E-state index in [4.69, 9.17) is 5.84 Å². The van der Waals surface area contributed by atoms with Gasteiger partial charge in [0.2, 0.25) is 5.91 Å². The van der Waals surface area contributed by atoms with Crippen molar-refractivity contribution in [3.63, 3.8) is 0 Å². The van der Waals surface area contributed by atoms with E-state index in [9.17, 15) is 14.9 Å². The van der Waals surface area contributed by atoms with Crippen LogP contribution in [-0.2, 0) is 4.79 Å². The molecule has 1 aromatic rings. The lowest BCUT2D eigenvalue weighted by molar-refractivity contribution is -0.384. The van der Waals surface area contributed by atoms with Crippen molar-refractivity contribution in [2.24, 2.45) is 5.84 Å². The molecule has 1 heterocycles. The number of nitro groups is 1. The van der Waals surface area contributed by atoms with E-state index in [2.05, 4.69) is 15.7 Å². The van der Waals surface area contributed by atoms with E-state index in [1.54, 1.807) is 14.1 Å². The SMILES string of the molecule is CN(C)C(=O)CNc1cc([N+](=O)[O-])cc(NN)n1. The Balaban J connectivity index is 2.85. The zero-order chi connectivity index (χ0) is 13.7. The first-order valence-electron chi connectivity index (χ1n) is 5.01. The summed E-state index contributed by atoms with van der Waals surface area (Å²) in [6.07, 6.45) is 0. The number of nitrogens with one attached hydrogen (secondary N) is 2. The summed E-state index contributed by atoms with van der Waals surface area (Å²) in [4.78, 5) is 26.8. The van der Waals surface area contributed by atoms with Crippen LogP contribution in [0.4, 0.5) is 17.3 Å². The molecule has 0 fully saturated rings. The maximum absolute atomic E-state index is 11.4. The minimum absolute atomic E-state index is 0.00875. The first-order chi connectivity index (χ1) is 8.43. The van der Waals surface area contributed by atoms with E-state index < -0.39 is 4.92 Å². The predicted octanol–water partition coefficient (Wildman–Crippen LogP) is -0.224. The number of carbonyl (C=O) groups is 1. The van der Waals surface area contributed by atoms with Crippen LogP contribution in [0.2, 0.25) is 0 Å². The zero-order valence-corrected chi connectivity index (χ0v) is 10.0. The van der Waals surface area contributed by atoms with Gasteiger partial charge in [-0.25, -0.2) is 10.8 Å². The summed E-state index contributed by atoms with van der Waals surface area (Å²) in [5.41, 5.74) is 2.05. The normalized spacial score (nSPS) is 9.72. The average Bonchev–Trinajstić information content (AvgIpc) is 2.35. The molecule has 0 saturated carbocycles. The molecule has 0 atom stereocenters. The number of nitrogen functional groups attached to an aromatic ring is 1. The van der Waals surface area contributed by atoms with Crippen LogP contribution in [-0.4, -0.2) is 41.4 Å². The highest BCUT2D eigenvalue weighted by Crippen LogP contribution is 2.19. The fraction of sp³-hybridized carbons (Fsp3) is 0.333. The van der Waals surface area contributed by atoms with Crippen LogP contribution < -0.4 is 16.6 Å². The molecule has 9 nitrogen and oxygen atoms in total. The summed E-state index contributed by atoms with van der Waals surface area (Å²) >= 11 is 0. The lowest BCUT2D eigenvalue weighted by atomic mass is 10.3. The maximum atomic E-state index is 11.4. The number of carbonyl (C=O) groups excluding carboxylic acids is 1. The van der Waals surface area contributed by atoms with E-state index in [1.807, 2.05) is 0 Å². The highest BCUT2D eigenvalue weighted by molar-refractivity contribution is 5.80. The molecular weight excluding hydrogens is 240 g/mol. The number of nitrogens with two attached hydrogens (primary N) is 1. The number of amides is 1. The van der Waals surface area contributed by atoms with Gasteiger partial charge in [-0.1, -0.05) is 0 Å². The molecular formula is C9H14N6O3. The molecule has 0 unspecified atom stereocenters. The fourth-order valence-electron chi connectivity index (χ4n) is 1.11. The number of hydrogen-bond donors (Lipinski definition) is 3. The highest BCUT2D eigenvalue weighted by atomic mass is 16.6. The van der Waals surface area contributed by atoms with Crippen LogP contribution in [0.25, 0.3) is 0 Å². The molecule has 0 saturated heterocycles. The van der Waals surface area contributed by atoms with E-state index >= 15 is 0 Å². The Morgan fingerprint density at radius 2 is 2.11 bits per heavy atom. The molecule has 0 bridgehead atoms. The second-order valence-corrected chi connectivity index (χ2v) is 3.64. The van der Waals surface area contributed by atoms with Gasteiger partial charge in [0.1, 0.15) is 11.6 Å². The second-order valence-electron chi connectivity index (χ2n) is 3.64. The van der Waals surface area contributed by atoms with Crippen molar-refractivity contribution in [3.8, 4) is 0 Å². The molecule has 0 aliphatic heterocycles. The molecule has 0 spiro atoms. The van der Waals surface area contributed by atoms with Gasteiger partial charge in [0, 0.05) is 14.1 Å². The van der Waals surface area contributed by atoms with Crippen molar-refractivity contribution >= 4 is 23.2 Å². The summed E-state index contributed by atoms with van der Waals surface area (Å²) in [6, 6.07) is 2.42. The van der Waals surface area contributed by atoms with Crippen LogP contribution in [0.1, 0.15) is 0 Å². The van der Waals surface area contributed by atoms with Crippen molar-refractivity contribution in [2.45, 2.75) is 0 Å². The van der Waals surface area contributed by atoms with E-state index in [1.165, 1.54) is 17.0 Å². The summed E-state index contributed by atoms with van der Waals surface area (Å²) in [5, 5.41) is 13.4. The van der Waals surface area contributed by atoms with Gasteiger partial charge in [0.05, 0.1) is 23.6 Å². The third-order valence-electron chi connectivity index (χ3n) is 2.09. The Kier molecular flexibility index (Phi) is 4.38. The monoisotopic (exact) mass is 254 g/mol. The molecule has 98 valence electrons. The average molecular weight is 254 g/mol. The van der Waals surface area contributed by atoms with Crippen molar-refractivity contribution in [1.29, 1.82) is 0 Å². The van der Waals surface area contributed by atoms with Gasteiger partial charge in [-0.15, -0.1) is 0 Å². The molecule has 0 aromatic carbocycles. The molecule has 1 aromatic heterocycles. The first-order valence-corrected chi connectivity index (χ1v) is 5.01. The van der Waals surface area contributed by atoms with Crippen LogP contribution in [0.5, 0.6) is 0 Å². The lowest BCUT2D eigenvalue weighted by Gasteiger charge is -2.11. The number of anilines is 2. The molecule has 0 radical (unpaired) electrons. The second kappa shape index (κ2) is 5.77. The van der Waals surface area contributed by atoms with Crippen molar-refractivity contribution in [2.75, 3.05) is 31.4 Å². The minimum Gasteiger partial charge on any atom is -0.361 e. The lowest BCUT2D eigenvalue weighted by Crippen LogP contribution is -2.28. The standard InChI is InChI=1S/C9H14N6O3/c1-14(2)9(16)5-11-7-3-6(15(17)18)4-8(12-7)13-10/h3-4H,5,10H2,1-2H3,(H2,11,12,13). The minimum atomic E-state index is -0.568. The van der Waals surface area contributed by atoms with Crippen LogP contribution in [0.3, 0.4) is 0 Å². The van der Waals surface area contributed by atoms with Gasteiger partial charge in [0.25, 0.3) is 5.69 Å². The quantitative estimate of drug-likeness (QED) is 0.376. The first kappa shape index (κ1) is 13.6. The van der Waals surface area contributed by atoms with Gasteiger partial charge in [-0.05, 0) is 0 Å². The van der Waals surface area contributed by atoms with E-state index in [0.717, 1.165) is 0 Å². The number of rotatable bonds is 5. The Morgan fingerprint density at radius 3 is 2.61 bits per heavy atom. The molecule has 1 amide bonds. The van der Waals surface area contributed by atoms with Gasteiger partial charge < -0.3 is 15.6 Å². The maximum Gasteiger partial charge on any atom is 0.276 e. The van der Waals surface area contributed by atoms with Crippen molar-refractivity contribution in [3.05, 3.63) is 22.2 Å². The van der Waals surface area contributed by atoms with Gasteiger partial charge in [-0.3, -0.25) is 14.9 Å². The topological polar surface area (TPSA) is 126 Å². The summed E-state index contributed by atoms with van der Waals surface area (Å²) < 4.78 is 0. The van der Waals surface area contributed by atoms with E-state index in [0.29, 0.717) is 0 Å². The molecule has 0 aliphatic carbocycles. The number of aromatic nitrogens is 1. The van der Waals surface area contributed by atoms with Gasteiger partial charge in [-0.2, -0.15) is 0 Å². The largest absolute Gasteiger partial charge is 0.361 e. The van der Waals surface area contributed by atoms with Crippen molar-refractivity contribution < 1.29 is 9.72 Å². The number of hydrogen-bond acceptors (Lipinski definition) is 7. The number of nitrogens with zero attached hydrogens (tertiary/aromatic N) is 3. The molecule has 0 aliphatic rings. The van der Waals surface area contributed by atoms with Gasteiger partial charge in [0.15, 0.2) is 0 Å². The van der Waals surface area contributed by atoms with Gasteiger partial charge >= 0.3 is 0 Å². The summed E-state index contributed by atoms with van der Waals surface area (Å²) in [6.45, 7) is -0.00875. The number of likely N-dealkylation sites (N-methyl/N-ethyl adjacent to an activating group) is 1. The Labute approximate surface area is 103 Å². The third-order valence-corrected chi connectivity index (χ3v) is 2.09. The fourth-order valence-corrected chi connectivity index (χ4v) is 1.11. The summed E-state index contributed by atoms with van der Waals surface area (Å²) in [7, 11) is 3.22. The number of pyridine rings is 1. The Morgan fingerprint density at radius 1 is 1.50 bits per heavy atom. The van der Waals surface area contributed by atoms with Crippen LogP contribution >= 0.6 is 0 Å². The molecule has 1 rings (SSSR count). The molecule has 18 heavy (non-hydrogen) atoms. The zero-order valence-electron chi connectivity index (χ0n) is 10.0. The smallest absolute Gasteiger partial charge is 0.276 e. The molecule has 9 heteroatoms. The Hall–Kier alpha value is -2.42. The Bertz CT molecular complexity index is 462. The predicted molar refractivity (Wildman–Crippen MR) is 65.9 cm³/mol. The highest BCUT2D eigenvalue weighted by Gasteiger charge is 2.11.